The number of carbonyl (C=O) groups is 2. The molecule has 11 heteroatoms. The topological polar surface area (TPSA) is 112 Å². The normalized spacial score (nSPS) is 20.5. The number of carbonyl (C=O) groups excluding carboxylic acids is 2. The van der Waals surface area contributed by atoms with E-state index in [0.29, 0.717) is 24.4 Å². The fourth-order valence-electron chi connectivity index (χ4n) is 5.07. The summed E-state index contributed by atoms with van der Waals surface area (Å²) in [6.45, 7) is 1.47. The molecule has 3 aromatic rings. The minimum Gasteiger partial charge on any atom is -0.340 e. The highest BCUT2D eigenvalue weighted by Crippen LogP contribution is 2.40. The Bertz CT molecular complexity index is 1460. The number of halogens is 1. The number of fused-ring (bicyclic) bond motifs is 1. The molecule has 2 aliphatic rings. The van der Waals surface area contributed by atoms with E-state index in [0.717, 1.165) is 29.1 Å². The molecule has 9 nitrogen and oxygen atoms in total. The maximum atomic E-state index is 13.5. The largest absolute Gasteiger partial charge is 0.340 e. The van der Waals surface area contributed by atoms with Crippen molar-refractivity contribution in [2.45, 2.75) is 30.8 Å². The second-order valence-electron chi connectivity index (χ2n) is 10.2. The Balaban J connectivity index is 1.24. The number of hydrogen-bond donors (Lipinski definition) is 2. The van der Waals surface area contributed by atoms with Gasteiger partial charge in [-0.25, -0.2) is 12.8 Å². The molecule has 1 saturated carbocycles. The minimum atomic E-state index is -3.33. The van der Waals surface area contributed by atoms with Crippen LogP contribution in [0.3, 0.4) is 0 Å². The maximum Gasteiger partial charge on any atom is 0.253 e. The summed E-state index contributed by atoms with van der Waals surface area (Å²) >= 11 is 0. The first-order valence-electron chi connectivity index (χ1n) is 13.1. The number of rotatable bonds is 9. The third-order valence-electron chi connectivity index (χ3n) is 7.40. The molecule has 5 rings (SSSR count). The molecule has 1 unspecified atom stereocenters. The van der Waals surface area contributed by atoms with Gasteiger partial charge in [0.25, 0.3) is 5.91 Å². The molecule has 1 saturated heterocycles. The van der Waals surface area contributed by atoms with Crippen molar-refractivity contribution in [3.63, 3.8) is 0 Å². The molecular formula is C28H32FN5O4S. The summed E-state index contributed by atoms with van der Waals surface area (Å²) < 4.78 is 38.4. The van der Waals surface area contributed by atoms with Gasteiger partial charge in [-0.2, -0.15) is 4.31 Å². The van der Waals surface area contributed by atoms with Crippen molar-refractivity contribution in [3.05, 3.63) is 77.7 Å². The highest BCUT2D eigenvalue weighted by molar-refractivity contribution is 7.88. The molecule has 39 heavy (non-hydrogen) atoms. The zero-order valence-electron chi connectivity index (χ0n) is 21.7. The van der Waals surface area contributed by atoms with Gasteiger partial charge in [0.1, 0.15) is 11.9 Å². The van der Waals surface area contributed by atoms with Crippen LogP contribution in [0.1, 0.15) is 34.7 Å². The lowest BCUT2D eigenvalue weighted by Crippen LogP contribution is -2.56. The predicted molar refractivity (Wildman–Crippen MR) is 146 cm³/mol. The minimum absolute atomic E-state index is 0.222. The SMILES string of the molecule is CS(=O)(=O)N1CCN(C(=O)C(CCN[C@@H]2C[C@H]2c2ccc(F)cc2)NC(=O)c2cnc3ccccc3c2)CC1. The number of benzene rings is 2. The number of para-hydroxylation sites is 1. The second-order valence-corrected chi connectivity index (χ2v) is 12.2. The molecule has 2 fully saturated rings. The van der Waals surface area contributed by atoms with Gasteiger partial charge in [0.05, 0.1) is 17.3 Å². The number of aromatic nitrogens is 1. The van der Waals surface area contributed by atoms with Crippen LogP contribution in [0.4, 0.5) is 4.39 Å². The van der Waals surface area contributed by atoms with Crippen molar-refractivity contribution < 1.29 is 22.4 Å². The van der Waals surface area contributed by atoms with E-state index in [1.807, 2.05) is 24.3 Å². The van der Waals surface area contributed by atoms with Crippen LogP contribution in [0.2, 0.25) is 0 Å². The standard InChI is InChI=1S/C28H32FN5O4S/c1-39(37,38)34-14-12-33(13-15-34)28(36)25(10-11-30-26-17-23(26)19-6-8-22(29)9-7-19)32-27(35)21-16-20-4-2-3-5-24(20)31-18-21/h2-9,16,18,23,25-26,30H,10-15,17H2,1H3,(H,32,35)/t23-,25?,26+/m0/s1. The molecule has 0 radical (unpaired) electrons. The average molecular weight is 554 g/mol. The summed E-state index contributed by atoms with van der Waals surface area (Å²) in [6.07, 6.45) is 3.95. The first-order chi connectivity index (χ1) is 18.7. The lowest BCUT2D eigenvalue weighted by molar-refractivity contribution is -0.134. The number of piperazine rings is 1. The number of nitrogens with one attached hydrogen (secondary N) is 2. The Hall–Kier alpha value is -3.41. The molecule has 1 aliphatic carbocycles. The van der Waals surface area contributed by atoms with Crippen molar-refractivity contribution in [2.75, 3.05) is 39.0 Å². The van der Waals surface area contributed by atoms with Gasteiger partial charge in [0, 0.05) is 49.7 Å². The van der Waals surface area contributed by atoms with Crippen LogP contribution in [0, 0.1) is 5.82 Å². The van der Waals surface area contributed by atoms with Gasteiger partial charge in [0.2, 0.25) is 15.9 Å². The van der Waals surface area contributed by atoms with Crippen LogP contribution in [0.25, 0.3) is 10.9 Å². The molecule has 206 valence electrons. The third kappa shape index (κ3) is 6.60. The summed E-state index contributed by atoms with van der Waals surface area (Å²) in [5.41, 5.74) is 2.21. The molecule has 1 aromatic heterocycles. The lowest BCUT2D eigenvalue weighted by atomic mass is 10.1. The van der Waals surface area contributed by atoms with Crippen LogP contribution < -0.4 is 10.6 Å². The first kappa shape index (κ1) is 27.2. The summed E-state index contributed by atoms with van der Waals surface area (Å²) in [7, 11) is -3.33. The smallest absolute Gasteiger partial charge is 0.253 e. The zero-order chi connectivity index (χ0) is 27.6. The Morgan fingerprint density at radius 3 is 2.51 bits per heavy atom. The Morgan fingerprint density at radius 2 is 1.79 bits per heavy atom. The van der Waals surface area contributed by atoms with Gasteiger partial charge in [-0.3, -0.25) is 14.6 Å². The van der Waals surface area contributed by atoms with E-state index >= 15 is 0 Å². The molecule has 2 amide bonds. The van der Waals surface area contributed by atoms with E-state index in [1.54, 1.807) is 23.1 Å². The van der Waals surface area contributed by atoms with Gasteiger partial charge in [-0.15, -0.1) is 0 Å². The lowest BCUT2D eigenvalue weighted by Gasteiger charge is -2.35. The highest BCUT2D eigenvalue weighted by atomic mass is 32.2. The molecule has 2 heterocycles. The van der Waals surface area contributed by atoms with Crippen LogP contribution >= 0.6 is 0 Å². The molecule has 2 N–H and O–H groups in total. The van der Waals surface area contributed by atoms with E-state index < -0.39 is 22.0 Å². The molecule has 2 aromatic carbocycles. The van der Waals surface area contributed by atoms with Gasteiger partial charge < -0.3 is 15.5 Å². The number of pyridine rings is 1. The number of amides is 2. The Morgan fingerprint density at radius 1 is 1.08 bits per heavy atom. The van der Waals surface area contributed by atoms with Gasteiger partial charge in [0.15, 0.2) is 0 Å². The molecule has 0 spiro atoms. The zero-order valence-corrected chi connectivity index (χ0v) is 22.5. The predicted octanol–water partition coefficient (Wildman–Crippen LogP) is 2.11. The van der Waals surface area contributed by atoms with E-state index in [1.165, 1.54) is 22.6 Å². The molecule has 1 aliphatic heterocycles. The Kier molecular flexibility index (Phi) is 7.92. The number of sulfonamides is 1. The monoisotopic (exact) mass is 553 g/mol. The Labute approximate surface area is 227 Å². The highest BCUT2D eigenvalue weighted by Gasteiger charge is 2.38. The summed E-state index contributed by atoms with van der Waals surface area (Å²) in [5.74, 6) is -0.600. The summed E-state index contributed by atoms with van der Waals surface area (Å²) in [5, 5.41) is 7.18. The summed E-state index contributed by atoms with van der Waals surface area (Å²) in [4.78, 5) is 32.7. The van der Waals surface area contributed by atoms with Gasteiger partial charge in [-0.05, 0) is 49.2 Å². The van der Waals surface area contributed by atoms with E-state index in [9.17, 15) is 22.4 Å². The average Bonchev–Trinajstić information content (AvgIpc) is 3.71. The van der Waals surface area contributed by atoms with Crippen LogP contribution in [-0.2, 0) is 14.8 Å². The quantitative estimate of drug-likeness (QED) is 0.420. The van der Waals surface area contributed by atoms with E-state index in [2.05, 4.69) is 15.6 Å². The maximum absolute atomic E-state index is 13.5. The van der Waals surface area contributed by atoms with Crippen molar-refractivity contribution in [3.8, 4) is 0 Å². The second kappa shape index (κ2) is 11.4. The van der Waals surface area contributed by atoms with E-state index in [-0.39, 0.29) is 43.9 Å². The van der Waals surface area contributed by atoms with Crippen molar-refractivity contribution >= 4 is 32.7 Å². The van der Waals surface area contributed by atoms with Crippen molar-refractivity contribution in [2.24, 2.45) is 0 Å². The third-order valence-corrected chi connectivity index (χ3v) is 8.71. The van der Waals surface area contributed by atoms with Gasteiger partial charge in [-0.1, -0.05) is 30.3 Å². The molecule has 3 atom stereocenters. The van der Waals surface area contributed by atoms with Crippen LogP contribution in [-0.4, -0.2) is 85.5 Å². The molecular weight excluding hydrogens is 521 g/mol. The van der Waals surface area contributed by atoms with Crippen LogP contribution in [0.15, 0.2) is 60.8 Å². The fraction of sp³-hybridized carbons (Fsp3) is 0.393. The van der Waals surface area contributed by atoms with Crippen molar-refractivity contribution in [1.29, 1.82) is 0 Å². The van der Waals surface area contributed by atoms with Crippen LogP contribution in [0.5, 0.6) is 0 Å². The number of hydrogen-bond acceptors (Lipinski definition) is 6. The summed E-state index contributed by atoms with van der Waals surface area (Å²) in [6, 6.07) is 15.2. The molecule has 0 bridgehead atoms. The van der Waals surface area contributed by atoms with E-state index in [4.69, 9.17) is 0 Å². The van der Waals surface area contributed by atoms with Crippen molar-refractivity contribution in [1.82, 2.24) is 24.8 Å². The fourth-order valence-corrected chi connectivity index (χ4v) is 5.89. The van der Waals surface area contributed by atoms with Gasteiger partial charge >= 0.3 is 0 Å². The first-order valence-corrected chi connectivity index (χ1v) is 14.9. The number of nitrogens with zero attached hydrogens (tertiary/aromatic N) is 3.